The van der Waals surface area contributed by atoms with E-state index < -0.39 is 11.4 Å². The third-order valence-electron chi connectivity index (χ3n) is 2.61. The highest BCUT2D eigenvalue weighted by molar-refractivity contribution is 7.91. The van der Waals surface area contributed by atoms with Crippen LogP contribution < -0.4 is 0 Å². The molecular weight excluding hydrogens is 286 g/mol. The predicted molar refractivity (Wildman–Crippen MR) is 91.1 cm³/mol. The smallest absolute Gasteiger partial charge is 0.144 e. The second-order valence-electron chi connectivity index (χ2n) is 5.83. The lowest BCUT2D eigenvalue weighted by atomic mass is 10.3. The fourth-order valence-corrected chi connectivity index (χ4v) is 1.73. The van der Waals surface area contributed by atoms with Crippen molar-refractivity contribution in [1.82, 2.24) is 0 Å². The summed E-state index contributed by atoms with van der Waals surface area (Å²) in [4.78, 5) is 0. The van der Waals surface area contributed by atoms with Crippen molar-refractivity contribution >= 4 is 17.6 Å². The van der Waals surface area contributed by atoms with Gasteiger partial charge in [-0.2, -0.15) is 0 Å². The van der Waals surface area contributed by atoms with Crippen LogP contribution in [0.2, 0.25) is 0 Å². The zero-order valence-electron chi connectivity index (χ0n) is 14.2. The first-order valence-corrected chi connectivity index (χ1v) is 8.89. The molecule has 0 amide bonds. The molecule has 0 fully saturated rings. The molecule has 5 heteroatoms. The summed E-state index contributed by atoms with van der Waals surface area (Å²) in [5.74, 6) is 0.637. The topological polar surface area (TPSA) is 53.9 Å². The van der Waals surface area contributed by atoms with E-state index in [1.807, 2.05) is 26.8 Å². The average Bonchev–Trinajstić information content (AvgIpc) is 2.42. The van der Waals surface area contributed by atoms with Crippen molar-refractivity contribution < 1.29 is 14.0 Å². The van der Waals surface area contributed by atoms with Crippen LogP contribution in [0, 0.1) is 0 Å². The van der Waals surface area contributed by atoms with Crippen LogP contribution >= 0.6 is 0 Å². The van der Waals surface area contributed by atoms with Gasteiger partial charge in [0.15, 0.2) is 0 Å². The highest BCUT2D eigenvalue weighted by Crippen LogP contribution is 2.16. The molecule has 1 atom stereocenters. The standard InChI is InChI=1S/C16H31NO3S/c1-6-8-11-19-13-10-15(20-12-9-7-2)14-17-21(18)16(3,4)5/h10,14H,6-9,11-13H2,1-5H3/b15-10-,17-14+/t21-/m1/s1. The molecule has 0 rings (SSSR count). The van der Waals surface area contributed by atoms with Crippen molar-refractivity contribution in [2.24, 2.45) is 4.40 Å². The van der Waals surface area contributed by atoms with Gasteiger partial charge in [-0.1, -0.05) is 31.1 Å². The first-order valence-electron chi connectivity index (χ1n) is 7.78. The normalized spacial score (nSPS) is 14.7. The largest absolute Gasteiger partial charge is 0.591 e. The summed E-state index contributed by atoms with van der Waals surface area (Å²) in [6.45, 7) is 11.8. The molecule has 0 radical (unpaired) electrons. The van der Waals surface area contributed by atoms with Gasteiger partial charge in [-0.15, -0.1) is 0 Å². The Balaban J connectivity index is 4.43. The van der Waals surface area contributed by atoms with Gasteiger partial charge in [0.2, 0.25) is 0 Å². The SMILES string of the molecule is CCCCOC/C=C(/C=N/[S@+]([O-])C(C)(C)C)OCCCC. The number of ether oxygens (including phenoxy) is 2. The molecule has 0 aliphatic carbocycles. The van der Waals surface area contributed by atoms with Gasteiger partial charge in [0, 0.05) is 6.61 Å². The first-order chi connectivity index (χ1) is 9.91. The Morgan fingerprint density at radius 2 is 1.76 bits per heavy atom. The highest BCUT2D eigenvalue weighted by Gasteiger charge is 2.25. The lowest BCUT2D eigenvalue weighted by Crippen LogP contribution is -2.26. The molecule has 0 saturated carbocycles. The van der Waals surface area contributed by atoms with Crippen LogP contribution in [0.1, 0.15) is 60.3 Å². The fourth-order valence-electron chi connectivity index (χ4n) is 1.21. The Kier molecular flexibility index (Phi) is 11.8. The lowest BCUT2D eigenvalue weighted by molar-refractivity contribution is 0.153. The van der Waals surface area contributed by atoms with E-state index in [2.05, 4.69) is 18.2 Å². The van der Waals surface area contributed by atoms with Gasteiger partial charge < -0.3 is 14.0 Å². The molecule has 21 heavy (non-hydrogen) atoms. The molecular formula is C16H31NO3S. The molecule has 0 aromatic rings. The Bertz CT molecular complexity index is 311. The molecule has 0 saturated heterocycles. The molecule has 0 aromatic heterocycles. The fraction of sp³-hybridized carbons (Fsp3) is 0.812. The van der Waals surface area contributed by atoms with Gasteiger partial charge in [0.25, 0.3) is 0 Å². The monoisotopic (exact) mass is 317 g/mol. The minimum Gasteiger partial charge on any atom is -0.591 e. The quantitative estimate of drug-likeness (QED) is 0.250. The molecule has 4 nitrogen and oxygen atoms in total. The van der Waals surface area contributed by atoms with Crippen LogP contribution in [0.15, 0.2) is 16.2 Å². The average molecular weight is 317 g/mol. The summed E-state index contributed by atoms with van der Waals surface area (Å²) in [5, 5.41) is 0. The highest BCUT2D eigenvalue weighted by atomic mass is 32.2. The summed E-state index contributed by atoms with van der Waals surface area (Å²) in [5.41, 5.74) is 0. The van der Waals surface area contributed by atoms with Crippen molar-refractivity contribution in [3.05, 3.63) is 11.8 Å². The van der Waals surface area contributed by atoms with Crippen LogP contribution in [0.25, 0.3) is 0 Å². The van der Waals surface area contributed by atoms with E-state index in [0.717, 1.165) is 32.3 Å². The number of rotatable bonds is 11. The molecule has 0 aliphatic heterocycles. The molecule has 0 aliphatic rings. The van der Waals surface area contributed by atoms with Gasteiger partial charge in [-0.25, -0.2) is 0 Å². The summed E-state index contributed by atoms with van der Waals surface area (Å²) >= 11 is -1.27. The number of hydrogen-bond acceptors (Lipinski definition) is 4. The third-order valence-corrected chi connectivity index (χ3v) is 3.96. The van der Waals surface area contributed by atoms with Gasteiger partial charge in [0.05, 0.1) is 13.2 Å². The second-order valence-corrected chi connectivity index (χ2v) is 7.77. The van der Waals surface area contributed by atoms with E-state index in [4.69, 9.17) is 9.47 Å². The minimum atomic E-state index is -1.27. The maximum absolute atomic E-state index is 11.9. The molecule has 124 valence electrons. The summed E-state index contributed by atoms with van der Waals surface area (Å²) in [7, 11) is 0. The van der Waals surface area contributed by atoms with E-state index >= 15 is 0 Å². The van der Waals surface area contributed by atoms with Gasteiger partial charge in [-0.3, -0.25) is 0 Å². The van der Waals surface area contributed by atoms with E-state index in [-0.39, 0.29) is 4.75 Å². The van der Waals surface area contributed by atoms with E-state index in [9.17, 15) is 4.55 Å². The summed E-state index contributed by atoms with van der Waals surface area (Å²) in [6.07, 6.45) is 7.65. The van der Waals surface area contributed by atoms with E-state index in [0.29, 0.717) is 19.0 Å². The zero-order valence-corrected chi connectivity index (χ0v) is 15.0. The Labute approximate surface area is 133 Å². The lowest BCUT2D eigenvalue weighted by Gasteiger charge is -2.18. The van der Waals surface area contributed by atoms with Crippen molar-refractivity contribution in [2.45, 2.75) is 65.0 Å². The van der Waals surface area contributed by atoms with E-state index in [1.54, 1.807) is 6.21 Å². The number of nitrogens with zero attached hydrogens (tertiary/aromatic N) is 1. The zero-order chi connectivity index (χ0) is 16.1. The van der Waals surface area contributed by atoms with Crippen molar-refractivity contribution in [3.8, 4) is 0 Å². The number of hydrogen-bond donors (Lipinski definition) is 0. The minimum absolute atomic E-state index is 0.358. The summed E-state index contributed by atoms with van der Waals surface area (Å²) < 4.78 is 26.8. The second kappa shape index (κ2) is 12.1. The molecule has 0 bridgehead atoms. The van der Waals surface area contributed by atoms with Gasteiger partial charge in [0.1, 0.15) is 28.1 Å². The predicted octanol–water partition coefficient (Wildman–Crippen LogP) is 4.04. The number of allylic oxidation sites excluding steroid dienone is 1. The van der Waals surface area contributed by atoms with Gasteiger partial charge in [-0.05, 0) is 39.7 Å². The van der Waals surface area contributed by atoms with Gasteiger partial charge >= 0.3 is 0 Å². The van der Waals surface area contributed by atoms with Crippen LogP contribution in [0.3, 0.4) is 0 Å². The van der Waals surface area contributed by atoms with E-state index in [1.165, 1.54) is 0 Å². The van der Waals surface area contributed by atoms with Crippen LogP contribution in [0.4, 0.5) is 0 Å². The Hall–Kier alpha value is -0.520. The van der Waals surface area contributed by atoms with Crippen LogP contribution in [-0.4, -0.2) is 35.3 Å². The maximum Gasteiger partial charge on any atom is 0.144 e. The van der Waals surface area contributed by atoms with Crippen molar-refractivity contribution in [3.63, 3.8) is 0 Å². The molecule has 0 spiro atoms. The van der Waals surface area contributed by atoms with Crippen LogP contribution in [-0.2, 0) is 20.8 Å². The molecule has 0 aromatic carbocycles. The van der Waals surface area contributed by atoms with Crippen LogP contribution in [0.5, 0.6) is 0 Å². The summed E-state index contributed by atoms with van der Waals surface area (Å²) in [6, 6.07) is 0. The van der Waals surface area contributed by atoms with Crippen molar-refractivity contribution in [2.75, 3.05) is 19.8 Å². The Morgan fingerprint density at radius 1 is 1.14 bits per heavy atom. The molecule has 0 heterocycles. The first kappa shape index (κ1) is 20.5. The number of unbranched alkanes of at least 4 members (excludes halogenated alkanes) is 2. The molecule has 0 unspecified atom stereocenters. The Morgan fingerprint density at radius 3 is 2.33 bits per heavy atom. The van der Waals surface area contributed by atoms with Crippen molar-refractivity contribution in [1.29, 1.82) is 0 Å². The maximum atomic E-state index is 11.9. The molecule has 0 N–H and O–H groups in total. The third kappa shape index (κ3) is 11.8.